The number of hydrogen-bond acceptors (Lipinski definition) is 2. The lowest BCUT2D eigenvalue weighted by molar-refractivity contribution is -0.131. The van der Waals surface area contributed by atoms with Gasteiger partial charge in [0.05, 0.1) is 0 Å². The Bertz CT molecular complexity index is 402. The molecule has 0 aliphatic carbocycles. The molecule has 0 saturated heterocycles. The smallest absolute Gasteiger partial charge is 0.329 e. The van der Waals surface area contributed by atoms with Gasteiger partial charge in [0.25, 0.3) is 0 Å². The zero-order valence-corrected chi connectivity index (χ0v) is 7.40. The topological polar surface area (TPSA) is 49.3 Å². The van der Waals surface area contributed by atoms with Crippen LogP contribution in [0.5, 0.6) is 0 Å². The number of terminal acetylenes is 1. The van der Waals surface area contributed by atoms with E-state index in [-0.39, 0.29) is 0 Å². The molecular weight excluding hydrogens is 178 g/mol. The average Bonchev–Trinajstić information content (AvgIpc) is 2.18. The summed E-state index contributed by atoms with van der Waals surface area (Å²) in [6.45, 7) is 0. The minimum atomic E-state index is -0.995. The van der Waals surface area contributed by atoms with Crippen molar-refractivity contribution in [3.8, 4) is 12.3 Å². The lowest BCUT2D eigenvalue weighted by Gasteiger charge is -1.99. The number of rotatable bonds is 3. The van der Waals surface area contributed by atoms with Crippen LogP contribution in [0.25, 0.3) is 0 Å². The van der Waals surface area contributed by atoms with Crippen LogP contribution in [0.2, 0.25) is 0 Å². The minimum absolute atomic E-state index is 0.749. The van der Waals surface area contributed by atoms with Crippen molar-refractivity contribution >= 4 is 11.7 Å². The van der Waals surface area contributed by atoms with E-state index in [1.807, 2.05) is 0 Å². The molecule has 0 heterocycles. The molecule has 0 unspecified atom stereocenters. The second kappa shape index (κ2) is 4.73. The monoisotopic (exact) mass is 187 g/mol. The molecule has 3 nitrogen and oxygen atoms in total. The predicted octanol–water partition coefficient (Wildman–Crippen LogP) is 1.68. The van der Waals surface area contributed by atoms with Crippen molar-refractivity contribution in [1.29, 1.82) is 0 Å². The molecule has 0 saturated carbocycles. The fourth-order valence-corrected chi connectivity index (χ4v) is 0.908. The first-order chi connectivity index (χ1) is 6.72. The van der Waals surface area contributed by atoms with Gasteiger partial charge in [0.1, 0.15) is 0 Å². The Labute approximate surface area is 82.1 Å². The van der Waals surface area contributed by atoms with Gasteiger partial charge < -0.3 is 10.4 Å². The van der Waals surface area contributed by atoms with Crippen LogP contribution in [0.15, 0.2) is 36.5 Å². The number of benzene rings is 1. The number of anilines is 1. The Morgan fingerprint density at radius 2 is 2.36 bits per heavy atom. The normalized spacial score (nSPS) is 9.64. The SMILES string of the molecule is C#Cc1cccc(N/C=C/C(=O)O)c1. The third-order valence-corrected chi connectivity index (χ3v) is 1.51. The van der Waals surface area contributed by atoms with Crippen LogP contribution < -0.4 is 5.32 Å². The van der Waals surface area contributed by atoms with E-state index in [0.717, 1.165) is 17.3 Å². The van der Waals surface area contributed by atoms with Crippen molar-refractivity contribution in [3.05, 3.63) is 42.1 Å². The van der Waals surface area contributed by atoms with Crippen molar-refractivity contribution in [2.24, 2.45) is 0 Å². The third kappa shape index (κ3) is 3.03. The fourth-order valence-electron chi connectivity index (χ4n) is 0.908. The first-order valence-corrected chi connectivity index (χ1v) is 3.95. The van der Waals surface area contributed by atoms with Crippen LogP contribution in [0.4, 0.5) is 5.69 Å². The van der Waals surface area contributed by atoms with Gasteiger partial charge in [-0.25, -0.2) is 4.79 Å². The molecule has 3 heteroatoms. The Morgan fingerprint density at radius 1 is 1.57 bits per heavy atom. The molecular formula is C11H9NO2. The van der Waals surface area contributed by atoms with Gasteiger partial charge in [-0.05, 0) is 18.2 Å². The molecule has 70 valence electrons. The van der Waals surface area contributed by atoms with E-state index in [4.69, 9.17) is 11.5 Å². The molecule has 0 bridgehead atoms. The van der Waals surface area contributed by atoms with E-state index in [2.05, 4.69) is 11.2 Å². The summed E-state index contributed by atoms with van der Waals surface area (Å²) in [6.07, 6.45) is 7.57. The van der Waals surface area contributed by atoms with Gasteiger partial charge >= 0.3 is 5.97 Å². The second-order valence-corrected chi connectivity index (χ2v) is 2.54. The van der Waals surface area contributed by atoms with Crippen molar-refractivity contribution in [3.63, 3.8) is 0 Å². The van der Waals surface area contributed by atoms with Gasteiger partial charge in [-0.15, -0.1) is 6.42 Å². The van der Waals surface area contributed by atoms with Gasteiger partial charge in [-0.3, -0.25) is 0 Å². The largest absolute Gasteiger partial charge is 0.478 e. The zero-order valence-electron chi connectivity index (χ0n) is 7.40. The fraction of sp³-hybridized carbons (Fsp3) is 0. The molecule has 1 aromatic carbocycles. The highest BCUT2D eigenvalue weighted by Gasteiger charge is 1.90. The molecule has 0 radical (unpaired) electrons. The van der Waals surface area contributed by atoms with Gasteiger partial charge in [0.2, 0.25) is 0 Å². The van der Waals surface area contributed by atoms with E-state index in [1.54, 1.807) is 24.3 Å². The highest BCUT2D eigenvalue weighted by atomic mass is 16.4. The summed E-state index contributed by atoms with van der Waals surface area (Å²) < 4.78 is 0. The van der Waals surface area contributed by atoms with Crippen LogP contribution in [-0.4, -0.2) is 11.1 Å². The van der Waals surface area contributed by atoms with E-state index >= 15 is 0 Å². The molecule has 1 aromatic rings. The third-order valence-electron chi connectivity index (χ3n) is 1.51. The quantitative estimate of drug-likeness (QED) is 0.559. The molecule has 0 amide bonds. The first kappa shape index (κ1) is 9.87. The van der Waals surface area contributed by atoms with Crippen molar-refractivity contribution in [2.45, 2.75) is 0 Å². The molecule has 0 fully saturated rings. The van der Waals surface area contributed by atoms with Crippen LogP contribution in [0.3, 0.4) is 0 Å². The Kier molecular flexibility index (Phi) is 3.33. The molecule has 0 aromatic heterocycles. The summed E-state index contributed by atoms with van der Waals surface area (Å²) >= 11 is 0. The predicted molar refractivity (Wildman–Crippen MR) is 54.8 cm³/mol. The maximum atomic E-state index is 10.2. The van der Waals surface area contributed by atoms with E-state index in [0.29, 0.717) is 0 Å². The van der Waals surface area contributed by atoms with Gasteiger partial charge in [-0.1, -0.05) is 12.0 Å². The van der Waals surface area contributed by atoms with Gasteiger partial charge in [-0.2, -0.15) is 0 Å². The minimum Gasteiger partial charge on any atom is -0.478 e. The van der Waals surface area contributed by atoms with E-state index < -0.39 is 5.97 Å². The first-order valence-electron chi connectivity index (χ1n) is 3.95. The summed E-state index contributed by atoms with van der Waals surface area (Å²) in [5, 5.41) is 11.1. The van der Waals surface area contributed by atoms with E-state index in [1.165, 1.54) is 6.20 Å². The lowest BCUT2D eigenvalue weighted by atomic mass is 10.2. The summed E-state index contributed by atoms with van der Waals surface area (Å²) in [5.41, 5.74) is 1.51. The van der Waals surface area contributed by atoms with Crippen molar-refractivity contribution in [2.75, 3.05) is 5.32 Å². The van der Waals surface area contributed by atoms with Crippen LogP contribution >= 0.6 is 0 Å². The molecule has 0 aliphatic rings. The molecule has 1 rings (SSSR count). The van der Waals surface area contributed by atoms with Crippen molar-refractivity contribution < 1.29 is 9.90 Å². The molecule has 0 spiro atoms. The molecule has 2 N–H and O–H groups in total. The lowest BCUT2D eigenvalue weighted by Crippen LogP contribution is -1.92. The average molecular weight is 187 g/mol. The second-order valence-electron chi connectivity index (χ2n) is 2.54. The standard InChI is InChI=1S/C11H9NO2/c1-2-9-4-3-5-10(8-9)12-7-6-11(13)14/h1,3-8,12H,(H,13,14)/b7-6+. The summed E-state index contributed by atoms with van der Waals surface area (Å²) in [7, 11) is 0. The van der Waals surface area contributed by atoms with Crippen LogP contribution in [0.1, 0.15) is 5.56 Å². The number of nitrogens with one attached hydrogen (secondary N) is 1. The number of carboxylic acids is 1. The molecule has 0 aliphatic heterocycles. The van der Waals surface area contributed by atoms with E-state index in [9.17, 15) is 4.79 Å². The van der Waals surface area contributed by atoms with Crippen LogP contribution in [-0.2, 0) is 4.79 Å². The Hall–Kier alpha value is -2.21. The zero-order chi connectivity index (χ0) is 10.4. The molecule has 0 atom stereocenters. The summed E-state index contributed by atoms with van der Waals surface area (Å²) in [6, 6.07) is 7.15. The number of carbonyl (C=O) groups is 1. The maximum Gasteiger partial charge on any atom is 0.329 e. The number of aliphatic carboxylic acids is 1. The highest BCUT2D eigenvalue weighted by Crippen LogP contribution is 2.09. The summed E-state index contributed by atoms with van der Waals surface area (Å²) in [5.74, 6) is 1.49. The Morgan fingerprint density at radius 3 is 3.00 bits per heavy atom. The Balaban J connectivity index is 2.69. The summed E-state index contributed by atoms with van der Waals surface area (Å²) in [4.78, 5) is 10.2. The molecule has 14 heavy (non-hydrogen) atoms. The highest BCUT2D eigenvalue weighted by molar-refractivity contribution is 5.80. The maximum absolute atomic E-state index is 10.2. The van der Waals surface area contributed by atoms with Gasteiger partial charge in [0.15, 0.2) is 0 Å². The van der Waals surface area contributed by atoms with Crippen molar-refractivity contribution in [1.82, 2.24) is 0 Å². The number of hydrogen-bond donors (Lipinski definition) is 2. The number of carboxylic acid groups (broad SMARTS) is 1. The van der Waals surface area contributed by atoms with Gasteiger partial charge in [0, 0.05) is 23.5 Å². The van der Waals surface area contributed by atoms with Crippen LogP contribution in [0, 0.1) is 12.3 Å².